The zero-order chi connectivity index (χ0) is 20.4. The van der Waals surface area contributed by atoms with Crippen molar-refractivity contribution in [1.82, 2.24) is 14.5 Å². The molecule has 0 aliphatic carbocycles. The summed E-state index contributed by atoms with van der Waals surface area (Å²) in [5.74, 6) is -1.55. The predicted octanol–water partition coefficient (Wildman–Crippen LogP) is 0.105. The Kier molecular flexibility index (Phi) is 5.03. The van der Waals surface area contributed by atoms with Crippen molar-refractivity contribution in [1.29, 1.82) is 0 Å². The third-order valence-electron chi connectivity index (χ3n) is 5.08. The molecule has 146 valence electrons. The molecule has 0 saturated heterocycles. The standard InChI is InChI=1S/C22H20N4O3/c1-25-14-15(16-6-2-4-8-18(16)25)10-11-20(27)23-12-13-26-19-9-5-3-7-17(19)24-21(28)22(26)29/h2-9,14H,10-13H2,1H3/p+1. The van der Waals surface area contributed by atoms with Gasteiger partial charge in [0, 0.05) is 36.6 Å². The van der Waals surface area contributed by atoms with E-state index in [2.05, 4.69) is 33.2 Å². The lowest BCUT2D eigenvalue weighted by Gasteiger charge is -2.06. The van der Waals surface area contributed by atoms with E-state index < -0.39 is 11.8 Å². The van der Waals surface area contributed by atoms with E-state index in [4.69, 9.17) is 0 Å². The molecule has 0 saturated carbocycles. The summed E-state index contributed by atoms with van der Waals surface area (Å²) < 4.78 is 3.43. The van der Waals surface area contributed by atoms with Crippen molar-refractivity contribution in [2.75, 3.05) is 13.1 Å². The van der Waals surface area contributed by atoms with E-state index in [-0.39, 0.29) is 19.0 Å². The number of amides is 3. The molecule has 0 radical (unpaired) electrons. The Morgan fingerprint density at radius 2 is 1.86 bits per heavy atom. The van der Waals surface area contributed by atoms with Crippen LogP contribution in [-0.2, 0) is 27.9 Å². The number of benzene rings is 2. The summed E-state index contributed by atoms with van der Waals surface area (Å²) in [6, 6.07) is 15.1. The maximum absolute atomic E-state index is 12.3. The molecule has 1 aliphatic heterocycles. The molecule has 1 aromatic heterocycles. The van der Waals surface area contributed by atoms with Crippen molar-refractivity contribution < 1.29 is 14.4 Å². The van der Waals surface area contributed by atoms with Crippen LogP contribution in [-0.4, -0.2) is 35.4 Å². The molecule has 0 unspecified atom stereocenters. The van der Waals surface area contributed by atoms with Crippen LogP contribution in [0.25, 0.3) is 10.9 Å². The summed E-state index contributed by atoms with van der Waals surface area (Å²) in [7, 11) is 1.99. The fourth-order valence-corrected chi connectivity index (χ4v) is 3.66. The maximum Gasteiger partial charge on any atom is 0.480 e. The highest BCUT2D eigenvalue weighted by Crippen LogP contribution is 2.21. The lowest BCUT2D eigenvalue weighted by Crippen LogP contribution is -2.52. The van der Waals surface area contributed by atoms with Crippen LogP contribution in [0.1, 0.15) is 12.0 Å². The summed E-state index contributed by atoms with van der Waals surface area (Å²) in [6.07, 6.45) is 3.04. The number of nitrogens with zero attached hydrogens (tertiary/aromatic N) is 3. The summed E-state index contributed by atoms with van der Waals surface area (Å²) >= 11 is 0. The average Bonchev–Trinajstić information content (AvgIpc) is 3.05. The van der Waals surface area contributed by atoms with E-state index in [0.717, 1.165) is 16.5 Å². The highest BCUT2D eigenvalue weighted by atomic mass is 16.2. The Bertz CT molecular complexity index is 1260. The van der Waals surface area contributed by atoms with Crippen LogP contribution >= 0.6 is 0 Å². The van der Waals surface area contributed by atoms with Gasteiger partial charge in [-0.25, -0.2) is 4.79 Å². The van der Waals surface area contributed by atoms with Gasteiger partial charge in [0.15, 0.2) is 6.54 Å². The Labute approximate surface area is 167 Å². The Morgan fingerprint density at radius 3 is 2.72 bits per heavy atom. The molecule has 7 heteroatoms. The number of hydrogen-bond donors (Lipinski definition) is 1. The number of hydrogen-bond acceptors (Lipinski definition) is 3. The van der Waals surface area contributed by atoms with Gasteiger partial charge in [0.25, 0.3) is 0 Å². The molecule has 0 spiro atoms. The third-order valence-corrected chi connectivity index (χ3v) is 5.08. The van der Waals surface area contributed by atoms with Crippen molar-refractivity contribution in [3.8, 4) is 0 Å². The number of rotatable bonds is 6. The zero-order valence-electron chi connectivity index (χ0n) is 16.1. The number of fused-ring (bicyclic) bond motifs is 2. The smallest absolute Gasteiger partial charge is 0.350 e. The molecule has 7 nitrogen and oxygen atoms in total. The Morgan fingerprint density at radius 1 is 1.10 bits per heavy atom. The van der Waals surface area contributed by atoms with Crippen LogP contribution in [0.15, 0.2) is 59.7 Å². The van der Waals surface area contributed by atoms with Gasteiger partial charge in [-0.3, -0.25) is 9.59 Å². The van der Waals surface area contributed by atoms with E-state index in [1.54, 1.807) is 24.3 Å². The normalized spacial score (nSPS) is 13.3. The van der Waals surface area contributed by atoms with Crippen LogP contribution in [0, 0.1) is 0 Å². The minimum absolute atomic E-state index is 0.0910. The van der Waals surface area contributed by atoms with Gasteiger partial charge in [-0.1, -0.05) is 30.3 Å². The average molecular weight is 389 g/mol. The molecule has 2 heterocycles. The van der Waals surface area contributed by atoms with Gasteiger partial charge in [0.2, 0.25) is 11.3 Å². The first-order valence-electron chi connectivity index (χ1n) is 9.51. The van der Waals surface area contributed by atoms with Crippen LogP contribution < -0.4 is 20.6 Å². The summed E-state index contributed by atoms with van der Waals surface area (Å²) in [5, 5.41) is 5.05. The molecule has 0 bridgehead atoms. The highest BCUT2D eigenvalue weighted by Gasteiger charge is 2.30. The fraction of sp³-hybridized carbons (Fsp3) is 0.227. The lowest BCUT2D eigenvalue weighted by atomic mass is 10.1. The van der Waals surface area contributed by atoms with Crippen molar-refractivity contribution in [3.05, 3.63) is 71.0 Å². The number of aryl methyl sites for hydroxylation is 2. The van der Waals surface area contributed by atoms with Crippen LogP contribution in [0.3, 0.4) is 0 Å². The molecule has 0 fully saturated rings. The third kappa shape index (κ3) is 3.71. The highest BCUT2D eigenvalue weighted by molar-refractivity contribution is 6.36. The number of aromatic nitrogens is 1. The number of carbonyl (C=O) groups is 3. The first-order valence-corrected chi connectivity index (χ1v) is 9.51. The molecule has 0 atom stereocenters. The van der Waals surface area contributed by atoms with Crippen molar-refractivity contribution in [2.24, 2.45) is 12.0 Å². The van der Waals surface area contributed by atoms with Gasteiger partial charge < -0.3 is 9.88 Å². The summed E-state index contributed by atoms with van der Waals surface area (Å²) in [5.41, 5.74) is 2.27. The van der Waals surface area contributed by atoms with Crippen molar-refractivity contribution >= 4 is 28.6 Å². The van der Waals surface area contributed by atoms with Gasteiger partial charge in [-0.15, -0.1) is 4.58 Å². The number of carbonyl (C=O) groups excluding carboxylic acids is 3. The van der Waals surface area contributed by atoms with Gasteiger partial charge in [-0.2, -0.15) is 4.99 Å². The first kappa shape index (κ1) is 18.7. The molecule has 3 amide bonds. The molecule has 29 heavy (non-hydrogen) atoms. The van der Waals surface area contributed by atoms with E-state index >= 15 is 0 Å². The molecule has 1 N–H and O–H groups in total. The summed E-state index contributed by atoms with van der Waals surface area (Å²) in [6.45, 7) is 0.485. The summed E-state index contributed by atoms with van der Waals surface area (Å²) in [4.78, 5) is 40.0. The first-order chi connectivity index (χ1) is 14.0. The molecule has 4 rings (SSSR count). The molecule has 1 aliphatic rings. The Balaban J connectivity index is 1.39. The van der Waals surface area contributed by atoms with Crippen LogP contribution in [0.5, 0.6) is 0 Å². The quantitative estimate of drug-likeness (QED) is 0.480. The largest absolute Gasteiger partial charge is 0.480 e. The second-order valence-electron chi connectivity index (χ2n) is 6.99. The molecule has 3 aromatic rings. The monoisotopic (exact) mass is 389 g/mol. The predicted molar refractivity (Wildman–Crippen MR) is 108 cm³/mol. The van der Waals surface area contributed by atoms with Crippen molar-refractivity contribution in [3.63, 3.8) is 0 Å². The zero-order valence-corrected chi connectivity index (χ0v) is 16.1. The Hall–Kier alpha value is -3.61. The van der Waals surface area contributed by atoms with Crippen molar-refractivity contribution in [2.45, 2.75) is 12.8 Å². The molecular weight excluding hydrogens is 368 g/mol. The lowest BCUT2D eigenvalue weighted by molar-refractivity contribution is -0.139. The second-order valence-corrected chi connectivity index (χ2v) is 6.99. The van der Waals surface area contributed by atoms with E-state index in [1.165, 1.54) is 4.58 Å². The van der Waals surface area contributed by atoms with E-state index in [9.17, 15) is 14.4 Å². The van der Waals surface area contributed by atoms with Crippen LogP contribution in [0.4, 0.5) is 0 Å². The minimum atomic E-state index is -0.786. The van der Waals surface area contributed by atoms with E-state index in [0.29, 0.717) is 23.6 Å². The topological polar surface area (TPSA) is 83.5 Å². The molecule has 2 aromatic carbocycles. The van der Waals surface area contributed by atoms with Gasteiger partial charge in [0.1, 0.15) is 5.36 Å². The molecular formula is C22H21N4O3+. The van der Waals surface area contributed by atoms with E-state index in [1.807, 2.05) is 19.2 Å². The SMILES string of the molecule is Cn1cc(CCC(=O)NCC[N+]2=c3ccccc3=NC(=O)C2=O)c2ccccc21. The van der Waals surface area contributed by atoms with Crippen LogP contribution in [0.2, 0.25) is 0 Å². The number of nitrogens with one attached hydrogen (secondary N) is 1. The number of para-hydroxylation sites is 3. The second kappa shape index (κ2) is 7.79. The van der Waals surface area contributed by atoms with Gasteiger partial charge in [-0.05, 0) is 24.1 Å². The minimum Gasteiger partial charge on any atom is -0.350 e. The fourth-order valence-electron chi connectivity index (χ4n) is 3.66. The maximum atomic E-state index is 12.3. The van der Waals surface area contributed by atoms with Gasteiger partial charge >= 0.3 is 11.8 Å². The van der Waals surface area contributed by atoms with Gasteiger partial charge in [0.05, 0.1) is 6.54 Å².